The predicted molar refractivity (Wildman–Crippen MR) is 125 cm³/mol. The molecule has 33 heavy (non-hydrogen) atoms. The quantitative estimate of drug-likeness (QED) is 0.407. The Morgan fingerprint density at radius 1 is 0.879 bits per heavy atom. The molecule has 0 radical (unpaired) electrons. The number of amides is 2. The summed E-state index contributed by atoms with van der Waals surface area (Å²) in [5.41, 5.74) is 1.53. The summed E-state index contributed by atoms with van der Waals surface area (Å²) in [4.78, 5) is 42.5. The maximum absolute atomic E-state index is 13.0. The van der Waals surface area contributed by atoms with Gasteiger partial charge in [0.15, 0.2) is 0 Å². The second-order valence-corrected chi connectivity index (χ2v) is 7.80. The summed E-state index contributed by atoms with van der Waals surface area (Å²) >= 11 is 0. The molecule has 0 aliphatic carbocycles. The fraction of sp³-hybridized carbons (Fsp3) is 0.231. The van der Waals surface area contributed by atoms with Gasteiger partial charge in [-0.2, -0.15) is 0 Å². The molecule has 7 nitrogen and oxygen atoms in total. The lowest BCUT2D eigenvalue weighted by atomic mass is 10.2. The van der Waals surface area contributed by atoms with Crippen molar-refractivity contribution in [3.8, 4) is 5.88 Å². The zero-order valence-electron chi connectivity index (χ0n) is 18.4. The third-order valence-electron chi connectivity index (χ3n) is 5.45. The highest BCUT2D eigenvalue weighted by atomic mass is 16.5. The van der Waals surface area contributed by atoms with Crippen LogP contribution in [0.4, 0.5) is 0 Å². The van der Waals surface area contributed by atoms with Gasteiger partial charge in [-0.3, -0.25) is 19.3 Å². The molecule has 0 atom stereocenters. The lowest BCUT2D eigenvalue weighted by Gasteiger charge is -2.14. The van der Waals surface area contributed by atoms with Crippen LogP contribution >= 0.6 is 0 Å². The van der Waals surface area contributed by atoms with Crippen LogP contribution in [0.2, 0.25) is 0 Å². The van der Waals surface area contributed by atoms with E-state index in [2.05, 4.69) is 4.98 Å². The van der Waals surface area contributed by atoms with Gasteiger partial charge in [-0.25, -0.2) is 4.98 Å². The highest BCUT2D eigenvalue weighted by Gasteiger charge is 2.28. The predicted octanol–water partition coefficient (Wildman–Crippen LogP) is 1.36. The Kier molecular flexibility index (Phi) is 6.78. The molecule has 3 aromatic rings. The number of hydrogen-bond acceptors (Lipinski definition) is 5. The van der Waals surface area contributed by atoms with E-state index < -0.39 is 0 Å². The number of nitrogens with zero attached hydrogens (tertiary/aromatic N) is 3. The molecule has 0 N–H and O–H groups in total. The maximum atomic E-state index is 13.0. The number of aromatic nitrogens is 2. The molecule has 1 aliphatic heterocycles. The van der Waals surface area contributed by atoms with Crippen LogP contribution in [-0.2, 0) is 16.6 Å². The molecular weight excluding hydrogens is 418 g/mol. The van der Waals surface area contributed by atoms with E-state index in [1.165, 1.54) is 9.47 Å². The molecule has 7 heteroatoms. The van der Waals surface area contributed by atoms with Gasteiger partial charge in [0.2, 0.25) is 17.7 Å². The molecule has 0 bridgehead atoms. The van der Waals surface area contributed by atoms with Crippen LogP contribution in [0.15, 0.2) is 65.5 Å². The van der Waals surface area contributed by atoms with Crippen LogP contribution in [0.5, 0.6) is 5.88 Å². The highest BCUT2D eigenvalue weighted by Crippen LogP contribution is 2.12. The number of ether oxygens (including phenoxy) is 1. The Labute approximate surface area is 191 Å². The molecule has 0 saturated carbocycles. The van der Waals surface area contributed by atoms with E-state index in [0.717, 1.165) is 11.1 Å². The SMILES string of the molecule is Cn1c(=Cc2ccccc2)c(OCCCN2C(=O)CCC2=O)nc(=Cc2ccccc2)c1=O. The Morgan fingerprint density at radius 3 is 2.06 bits per heavy atom. The summed E-state index contributed by atoms with van der Waals surface area (Å²) in [6, 6.07) is 19.1. The van der Waals surface area contributed by atoms with Gasteiger partial charge in [0, 0.05) is 26.4 Å². The van der Waals surface area contributed by atoms with Gasteiger partial charge in [-0.15, -0.1) is 0 Å². The number of hydrogen-bond donors (Lipinski definition) is 0. The summed E-state index contributed by atoms with van der Waals surface area (Å²) in [6.07, 6.45) is 4.60. The molecule has 0 spiro atoms. The molecular formula is C26H25N3O4. The van der Waals surface area contributed by atoms with Gasteiger partial charge >= 0.3 is 0 Å². The first-order chi connectivity index (χ1) is 16.0. The first-order valence-electron chi connectivity index (χ1n) is 10.9. The van der Waals surface area contributed by atoms with E-state index in [4.69, 9.17) is 4.74 Å². The largest absolute Gasteiger partial charge is 0.476 e. The number of likely N-dealkylation sites (tertiary alicyclic amines) is 1. The zero-order valence-corrected chi connectivity index (χ0v) is 18.4. The van der Waals surface area contributed by atoms with Crippen molar-refractivity contribution in [3.05, 3.63) is 92.8 Å². The van der Waals surface area contributed by atoms with Crippen molar-refractivity contribution in [2.24, 2.45) is 7.05 Å². The summed E-state index contributed by atoms with van der Waals surface area (Å²) in [6.45, 7) is 0.562. The summed E-state index contributed by atoms with van der Waals surface area (Å²) in [7, 11) is 1.69. The molecule has 0 unspecified atom stereocenters. The molecule has 2 amide bonds. The van der Waals surface area contributed by atoms with Crippen LogP contribution in [0, 0.1) is 0 Å². The first kappa shape index (κ1) is 22.2. The Balaban J connectivity index is 1.67. The van der Waals surface area contributed by atoms with Crippen LogP contribution in [-0.4, -0.2) is 39.4 Å². The fourth-order valence-electron chi connectivity index (χ4n) is 3.68. The second-order valence-electron chi connectivity index (χ2n) is 7.80. The average Bonchev–Trinajstić information content (AvgIpc) is 3.15. The Morgan fingerprint density at radius 2 is 1.45 bits per heavy atom. The van der Waals surface area contributed by atoms with Gasteiger partial charge < -0.3 is 9.30 Å². The van der Waals surface area contributed by atoms with Crippen molar-refractivity contribution in [2.75, 3.05) is 13.2 Å². The van der Waals surface area contributed by atoms with E-state index in [0.29, 0.717) is 24.2 Å². The van der Waals surface area contributed by atoms with Gasteiger partial charge in [0.1, 0.15) is 10.7 Å². The molecule has 168 valence electrons. The van der Waals surface area contributed by atoms with Crippen LogP contribution in [0.25, 0.3) is 12.2 Å². The van der Waals surface area contributed by atoms with E-state index in [9.17, 15) is 14.4 Å². The van der Waals surface area contributed by atoms with Crippen LogP contribution in [0.3, 0.4) is 0 Å². The van der Waals surface area contributed by atoms with Gasteiger partial charge in [0.05, 0.1) is 6.61 Å². The minimum absolute atomic E-state index is 0.141. The topological polar surface area (TPSA) is 81.5 Å². The van der Waals surface area contributed by atoms with E-state index in [-0.39, 0.29) is 42.2 Å². The molecule has 1 saturated heterocycles. The van der Waals surface area contributed by atoms with E-state index in [1.807, 2.05) is 66.7 Å². The maximum Gasteiger partial charge on any atom is 0.276 e. The van der Waals surface area contributed by atoms with E-state index in [1.54, 1.807) is 13.1 Å². The fourth-order valence-corrected chi connectivity index (χ4v) is 3.68. The average molecular weight is 444 g/mol. The van der Waals surface area contributed by atoms with Gasteiger partial charge in [-0.1, -0.05) is 60.7 Å². The summed E-state index contributed by atoms with van der Waals surface area (Å²) < 4.78 is 7.51. The minimum atomic E-state index is -0.235. The Hall–Kier alpha value is -4.00. The lowest BCUT2D eigenvalue weighted by molar-refractivity contribution is -0.138. The summed E-state index contributed by atoms with van der Waals surface area (Å²) in [5, 5.41) is 0.818. The number of rotatable bonds is 7. The summed E-state index contributed by atoms with van der Waals surface area (Å²) in [5.74, 6) is 0.0402. The Bertz CT molecular complexity index is 1320. The molecule has 1 aliphatic rings. The van der Waals surface area contributed by atoms with Crippen molar-refractivity contribution in [2.45, 2.75) is 19.3 Å². The third kappa shape index (κ3) is 5.26. The highest BCUT2D eigenvalue weighted by molar-refractivity contribution is 6.01. The van der Waals surface area contributed by atoms with Gasteiger partial charge in [0.25, 0.3) is 5.56 Å². The zero-order chi connectivity index (χ0) is 23.2. The molecule has 1 aromatic heterocycles. The number of carbonyl (C=O) groups is 2. The smallest absolute Gasteiger partial charge is 0.276 e. The standard InChI is InChI=1S/C26H25N3O4/c1-28-22(18-20-11-6-3-7-12-20)25(33-16-8-15-29-23(30)13-14-24(29)31)27-21(26(28)32)17-19-9-4-2-5-10-19/h2-7,9-12,17-18H,8,13-16H2,1H3. The van der Waals surface area contributed by atoms with Crippen molar-refractivity contribution >= 4 is 24.0 Å². The van der Waals surface area contributed by atoms with Crippen molar-refractivity contribution < 1.29 is 14.3 Å². The number of benzene rings is 2. The first-order valence-corrected chi connectivity index (χ1v) is 10.9. The minimum Gasteiger partial charge on any atom is -0.476 e. The molecule has 1 fully saturated rings. The molecule has 2 aromatic carbocycles. The van der Waals surface area contributed by atoms with E-state index >= 15 is 0 Å². The third-order valence-corrected chi connectivity index (χ3v) is 5.45. The second kappa shape index (κ2) is 10.1. The normalized spacial score (nSPS) is 14.9. The van der Waals surface area contributed by atoms with Crippen molar-refractivity contribution in [1.29, 1.82) is 0 Å². The number of carbonyl (C=O) groups excluding carboxylic acids is 2. The lowest BCUT2D eigenvalue weighted by Crippen LogP contribution is -2.44. The monoisotopic (exact) mass is 443 g/mol. The van der Waals surface area contributed by atoms with Crippen molar-refractivity contribution in [1.82, 2.24) is 14.5 Å². The van der Waals surface area contributed by atoms with Gasteiger partial charge in [-0.05, 0) is 29.7 Å². The molecule has 2 heterocycles. The number of imide groups is 1. The van der Waals surface area contributed by atoms with Crippen LogP contribution < -0.4 is 21.0 Å². The molecule has 4 rings (SSSR count). The van der Waals surface area contributed by atoms with Crippen molar-refractivity contribution in [3.63, 3.8) is 0 Å². The van der Waals surface area contributed by atoms with Crippen LogP contribution in [0.1, 0.15) is 30.4 Å².